The van der Waals surface area contributed by atoms with Gasteiger partial charge in [-0.25, -0.2) is 4.57 Å². The predicted octanol–water partition coefficient (Wildman–Crippen LogP) is 0.240. The third-order valence-electron chi connectivity index (χ3n) is 3.85. The van der Waals surface area contributed by atoms with Crippen molar-refractivity contribution in [1.82, 2.24) is 4.98 Å². The fourth-order valence-corrected chi connectivity index (χ4v) is 2.41. The Labute approximate surface area is 157 Å². The molecule has 0 fully saturated rings. The maximum atomic E-state index is 12.3. The summed E-state index contributed by atoms with van der Waals surface area (Å²) >= 11 is 0. The highest BCUT2D eigenvalue weighted by molar-refractivity contribution is 5.95. The van der Waals surface area contributed by atoms with Crippen LogP contribution in [0.1, 0.15) is 15.9 Å². The number of Topliss-reactive ketones (excluding diaryl/α,β-unsaturated/α-hetero) is 1. The van der Waals surface area contributed by atoms with E-state index >= 15 is 0 Å². The lowest BCUT2D eigenvalue weighted by Gasteiger charge is -2.03. The lowest BCUT2D eigenvalue weighted by Crippen LogP contribution is -3.00. The van der Waals surface area contributed by atoms with Crippen molar-refractivity contribution >= 4 is 5.78 Å². The molecule has 0 spiro atoms. The Hall–Kier alpha value is -2.53. The number of aryl methyl sites for hydroxylation is 1. The second kappa shape index (κ2) is 8.53. The first-order chi connectivity index (χ1) is 11.7. The Balaban J connectivity index is 0.00000225. The van der Waals surface area contributed by atoms with Crippen LogP contribution in [0.5, 0.6) is 5.75 Å². The minimum atomic E-state index is 0. The second-order valence-corrected chi connectivity index (χ2v) is 5.64. The number of benzene rings is 2. The van der Waals surface area contributed by atoms with Crippen molar-refractivity contribution in [3.8, 4) is 17.0 Å². The zero-order chi connectivity index (χ0) is 16.9. The molecule has 1 heterocycles. The summed E-state index contributed by atoms with van der Waals surface area (Å²) in [7, 11) is 1.61. The third-order valence-corrected chi connectivity index (χ3v) is 3.85. The summed E-state index contributed by atoms with van der Waals surface area (Å²) in [6.07, 6.45) is 3.57. The first-order valence-electron chi connectivity index (χ1n) is 7.75. The summed E-state index contributed by atoms with van der Waals surface area (Å²) in [5.74, 6) is 0.774. The molecule has 0 atom stereocenters. The number of methoxy groups -OCH3 is 1. The van der Waals surface area contributed by atoms with Crippen molar-refractivity contribution in [3.05, 3.63) is 78.2 Å². The molecule has 0 saturated heterocycles. The van der Waals surface area contributed by atoms with Gasteiger partial charge in [-0.2, -0.15) is 0 Å². The number of rotatable bonds is 5. The van der Waals surface area contributed by atoms with Gasteiger partial charge in [-0.1, -0.05) is 29.8 Å². The first-order valence-corrected chi connectivity index (χ1v) is 7.75. The van der Waals surface area contributed by atoms with Gasteiger partial charge in [-0.05, 0) is 36.2 Å². The Kier molecular flexibility index (Phi) is 6.42. The van der Waals surface area contributed by atoms with E-state index in [1.54, 1.807) is 42.3 Å². The predicted molar refractivity (Wildman–Crippen MR) is 91.9 cm³/mol. The summed E-state index contributed by atoms with van der Waals surface area (Å²) in [5, 5.41) is 0. The van der Waals surface area contributed by atoms with Crippen LogP contribution in [0.2, 0.25) is 0 Å². The van der Waals surface area contributed by atoms with Gasteiger partial charge in [0.1, 0.15) is 5.75 Å². The van der Waals surface area contributed by atoms with Crippen LogP contribution in [-0.2, 0) is 6.54 Å². The van der Waals surface area contributed by atoms with Crippen LogP contribution in [0, 0.1) is 6.92 Å². The topological polar surface area (TPSA) is 43.1 Å². The zero-order valence-electron chi connectivity index (χ0n) is 14.1. The van der Waals surface area contributed by atoms with Crippen LogP contribution in [0.25, 0.3) is 11.3 Å². The Morgan fingerprint density at radius 3 is 2.28 bits per heavy atom. The van der Waals surface area contributed by atoms with Gasteiger partial charge in [0.2, 0.25) is 5.78 Å². The smallest absolute Gasteiger partial charge is 0.287 e. The van der Waals surface area contributed by atoms with E-state index in [0.717, 1.165) is 17.0 Å². The van der Waals surface area contributed by atoms with Crippen LogP contribution in [-0.4, -0.2) is 17.9 Å². The van der Waals surface area contributed by atoms with Crippen molar-refractivity contribution in [2.75, 3.05) is 7.11 Å². The van der Waals surface area contributed by atoms with Crippen molar-refractivity contribution in [2.24, 2.45) is 0 Å². The second-order valence-electron chi connectivity index (χ2n) is 5.64. The number of carbonyl (C=O) groups excluding carboxylic acids is 1. The summed E-state index contributed by atoms with van der Waals surface area (Å²) < 4.78 is 6.89. The van der Waals surface area contributed by atoms with Crippen molar-refractivity contribution in [2.45, 2.75) is 13.5 Å². The van der Waals surface area contributed by atoms with Crippen molar-refractivity contribution < 1.29 is 31.1 Å². The van der Waals surface area contributed by atoms with Gasteiger partial charge in [0.05, 0.1) is 13.3 Å². The van der Waals surface area contributed by atoms with E-state index in [-0.39, 0.29) is 29.3 Å². The molecule has 128 valence electrons. The fraction of sp³-hybridized carbons (Fsp3) is 0.150. The van der Waals surface area contributed by atoms with Crippen molar-refractivity contribution in [1.29, 1.82) is 0 Å². The van der Waals surface area contributed by atoms with E-state index in [1.165, 1.54) is 5.56 Å². The van der Waals surface area contributed by atoms with E-state index in [1.807, 2.05) is 24.4 Å². The summed E-state index contributed by atoms with van der Waals surface area (Å²) in [6.45, 7) is 2.31. The van der Waals surface area contributed by atoms with Gasteiger partial charge < -0.3 is 21.7 Å². The van der Waals surface area contributed by atoms with E-state index in [4.69, 9.17) is 4.74 Å². The number of hydrogen-bond donors (Lipinski definition) is 0. The van der Waals surface area contributed by atoms with Gasteiger partial charge in [0.15, 0.2) is 12.2 Å². The molecule has 0 amide bonds. The van der Waals surface area contributed by atoms with Crippen molar-refractivity contribution in [3.63, 3.8) is 0 Å². The van der Waals surface area contributed by atoms with Crippen LogP contribution in [0.3, 0.4) is 0 Å². The molecule has 2 aromatic carbocycles. The monoisotopic (exact) mass is 398 g/mol. The molecule has 25 heavy (non-hydrogen) atoms. The maximum absolute atomic E-state index is 12.3. The van der Waals surface area contributed by atoms with Gasteiger partial charge in [-0.3, -0.25) is 4.79 Å². The standard InChI is InChI=1S/C20H19N2O2.BrH/c1-15-3-5-16(6-4-15)19-11-12-22(14-21-19)13-20(23)17-7-9-18(24-2)10-8-17;/h3-12,14H,13H2,1-2H3;1H/q+1;/p-1. The quantitative estimate of drug-likeness (QED) is 0.456. The number of ketones is 1. The third kappa shape index (κ3) is 4.73. The largest absolute Gasteiger partial charge is 1.00 e. The average molecular weight is 399 g/mol. The molecule has 0 radical (unpaired) electrons. The Morgan fingerprint density at radius 2 is 1.72 bits per heavy atom. The first kappa shape index (κ1) is 18.8. The van der Waals surface area contributed by atoms with Crippen LogP contribution in [0.4, 0.5) is 0 Å². The molecular weight excluding hydrogens is 380 g/mol. The van der Waals surface area contributed by atoms with Gasteiger partial charge in [0, 0.05) is 17.2 Å². The lowest BCUT2D eigenvalue weighted by atomic mass is 10.1. The molecule has 0 unspecified atom stereocenters. The SMILES string of the molecule is COc1ccc(C(=O)C[n+]2ccc(-c3ccc(C)cc3)nc2)cc1.[Br-]. The molecule has 0 aliphatic carbocycles. The van der Waals surface area contributed by atoms with E-state index in [0.29, 0.717) is 5.56 Å². The number of halogens is 1. The van der Waals surface area contributed by atoms with Crippen LogP contribution in [0.15, 0.2) is 67.1 Å². The zero-order valence-corrected chi connectivity index (χ0v) is 15.7. The van der Waals surface area contributed by atoms with E-state index < -0.39 is 0 Å². The summed E-state index contributed by atoms with van der Waals surface area (Å²) in [4.78, 5) is 16.8. The lowest BCUT2D eigenvalue weighted by molar-refractivity contribution is -0.686. The molecule has 0 saturated carbocycles. The fourth-order valence-electron chi connectivity index (χ4n) is 2.41. The molecule has 3 aromatic rings. The molecular formula is C20H19BrN2O2. The number of aromatic nitrogens is 2. The summed E-state index contributed by atoms with van der Waals surface area (Å²) in [6, 6.07) is 17.3. The number of carbonyl (C=O) groups is 1. The molecule has 5 heteroatoms. The molecule has 0 N–H and O–H groups in total. The molecule has 0 aliphatic heterocycles. The highest BCUT2D eigenvalue weighted by atomic mass is 79.9. The number of nitrogens with zero attached hydrogens (tertiary/aromatic N) is 2. The molecule has 0 aliphatic rings. The van der Waals surface area contributed by atoms with Crippen LogP contribution < -0.4 is 26.3 Å². The van der Waals surface area contributed by atoms with Gasteiger partial charge >= 0.3 is 0 Å². The highest BCUT2D eigenvalue weighted by Gasteiger charge is 2.12. The van der Waals surface area contributed by atoms with Gasteiger partial charge in [0.25, 0.3) is 6.33 Å². The number of ether oxygens (including phenoxy) is 1. The minimum Gasteiger partial charge on any atom is -1.00 e. The molecule has 3 rings (SSSR count). The molecule has 0 bridgehead atoms. The van der Waals surface area contributed by atoms with E-state index in [2.05, 4.69) is 24.0 Å². The molecule has 1 aromatic heterocycles. The average Bonchev–Trinajstić information content (AvgIpc) is 2.63. The minimum absolute atomic E-state index is 0. The number of hydrogen-bond acceptors (Lipinski definition) is 3. The van der Waals surface area contributed by atoms with Crippen LogP contribution >= 0.6 is 0 Å². The molecule has 4 nitrogen and oxygen atoms in total. The highest BCUT2D eigenvalue weighted by Crippen LogP contribution is 2.16. The maximum Gasteiger partial charge on any atom is 0.287 e. The van der Waals surface area contributed by atoms with E-state index in [9.17, 15) is 4.79 Å². The Bertz CT molecular complexity index is 829. The Morgan fingerprint density at radius 1 is 1.04 bits per heavy atom. The normalized spacial score (nSPS) is 10.0. The van der Waals surface area contributed by atoms with Gasteiger partial charge in [-0.15, -0.1) is 0 Å². The summed E-state index contributed by atoms with van der Waals surface area (Å²) in [5.41, 5.74) is 3.83.